The van der Waals surface area contributed by atoms with Gasteiger partial charge in [-0.15, -0.1) is 0 Å². The normalized spacial score (nSPS) is 12.1. The largest absolute Gasteiger partial charge is 0.418 e. The predicted octanol–water partition coefficient (Wildman–Crippen LogP) is 1.28. The van der Waals surface area contributed by atoms with E-state index < -0.39 is 11.7 Å². The molecule has 0 spiro atoms. The first-order valence-electron chi connectivity index (χ1n) is 5.94. The quantitative estimate of drug-likeness (QED) is 0.789. The molecule has 0 radical (unpaired) electrons. The van der Waals surface area contributed by atoms with Crippen molar-refractivity contribution in [1.29, 1.82) is 0 Å². The molecule has 7 heteroatoms. The number of nitrogens with zero attached hydrogens (tertiary/aromatic N) is 2. The molecule has 0 saturated carbocycles. The zero-order valence-electron chi connectivity index (χ0n) is 10.4. The van der Waals surface area contributed by atoms with Crippen LogP contribution in [-0.4, -0.2) is 46.4 Å². The van der Waals surface area contributed by atoms with Crippen molar-refractivity contribution in [2.45, 2.75) is 19.1 Å². The fourth-order valence-electron chi connectivity index (χ4n) is 1.74. The van der Waals surface area contributed by atoms with Crippen LogP contribution in [0.1, 0.15) is 17.7 Å². The average molecular weight is 278 g/mol. The average Bonchev–Trinajstić information content (AvgIpc) is 2.35. The van der Waals surface area contributed by atoms with Crippen molar-refractivity contribution in [3.63, 3.8) is 0 Å². The first-order valence-corrected chi connectivity index (χ1v) is 5.94. The van der Waals surface area contributed by atoms with Gasteiger partial charge in [0.2, 0.25) is 0 Å². The van der Waals surface area contributed by atoms with Gasteiger partial charge in [0.1, 0.15) is 0 Å². The molecule has 0 aliphatic carbocycles. The van der Waals surface area contributed by atoms with Crippen LogP contribution in [0.4, 0.5) is 13.2 Å². The second-order valence-electron chi connectivity index (χ2n) is 4.07. The van der Waals surface area contributed by atoms with Crippen LogP contribution < -0.4 is 0 Å². The van der Waals surface area contributed by atoms with Crippen LogP contribution in [0.5, 0.6) is 0 Å². The SMILES string of the molecule is OCCCN(CCO)Cc1ncccc1C(F)(F)F. The van der Waals surface area contributed by atoms with E-state index in [1.165, 1.54) is 12.3 Å². The molecule has 1 rings (SSSR count). The Balaban J connectivity index is 2.83. The first-order chi connectivity index (χ1) is 8.99. The molecule has 0 aliphatic rings. The summed E-state index contributed by atoms with van der Waals surface area (Å²) in [5.74, 6) is 0. The standard InChI is InChI=1S/C12H17F3N2O2/c13-12(14,15)10-3-1-4-16-11(10)9-17(6-8-19)5-2-7-18/h1,3-4,18-19H,2,5-9H2. The molecule has 0 unspecified atom stereocenters. The third-order valence-electron chi connectivity index (χ3n) is 2.62. The number of hydrogen-bond donors (Lipinski definition) is 2. The van der Waals surface area contributed by atoms with Gasteiger partial charge < -0.3 is 10.2 Å². The second kappa shape index (κ2) is 7.42. The topological polar surface area (TPSA) is 56.6 Å². The number of pyridine rings is 1. The van der Waals surface area contributed by atoms with Gasteiger partial charge in [-0.1, -0.05) is 0 Å². The molecule has 0 atom stereocenters. The van der Waals surface area contributed by atoms with Gasteiger partial charge in [-0.3, -0.25) is 9.88 Å². The van der Waals surface area contributed by atoms with Gasteiger partial charge in [0.05, 0.1) is 17.9 Å². The molecule has 0 aliphatic heterocycles. The lowest BCUT2D eigenvalue weighted by Gasteiger charge is -2.22. The minimum atomic E-state index is -4.44. The molecule has 0 aromatic carbocycles. The molecule has 1 aromatic rings. The molecule has 19 heavy (non-hydrogen) atoms. The highest BCUT2D eigenvalue weighted by Crippen LogP contribution is 2.31. The van der Waals surface area contributed by atoms with E-state index in [1.807, 2.05) is 0 Å². The Morgan fingerprint density at radius 2 is 1.89 bits per heavy atom. The summed E-state index contributed by atoms with van der Waals surface area (Å²) in [4.78, 5) is 5.40. The summed E-state index contributed by atoms with van der Waals surface area (Å²) in [7, 11) is 0. The van der Waals surface area contributed by atoms with Crippen LogP contribution in [0, 0.1) is 0 Å². The van der Waals surface area contributed by atoms with E-state index in [4.69, 9.17) is 10.2 Å². The van der Waals surface area contributed by atoms with Gasteiger partial charge in [0.15, 0.2) is 0 Å². The number of aliphatic hydroxyl groups is 2. The Morgan fingerprint density at radius 3 is 2.47 bits per heavy atom. The van der Waals surface area contributed by atoms with Crippen molar-refractivity contribution < 1.29 is 23.4 Å². The van der Waals surface area contributed by atoms with Gasteiger partial charge in [0.25, 0.3) is 0 Å². The Hall–Kier alpha value is -1.18. The third-order valence-corrected chi connectivity index (χ3v) is 2.62. The van der Waals surface area contributed by atoms with Crippen molar-refractivity contribution in [2.24, 2.45) is 0 Å². The van der Waals surface area contributed by atoms with Crippen molar-refractivity contribution in [1.82, 2.24) is 9.88 Å². The van der Waals surface area contributed by atoms with E-state index >= 15 is 0 Å². The smallest absolute Gasteiger partial charge is 0.396 e. The van der Waals surface area contributed by atoms with E-state index in [2.05, 4.69) is 4.98 Å². The van der Waals surface area contributed by atoms with Crippen LogP contribution in [0.15, 0.2) is 18.3 Å². The zero-order valence-corrected chi connectivity index (χ0v) is 10.4. The summed E-state index contributed by atoms with van der Waals surface area (Å²) in [5, 5.41) is 17.6. The highest BCUT2D eigenvalue weighted by atomic mass is 19.4. The summed E-state index contributed by atoms with van der Waals surface area (Å²) >= 11 is 0. The lowest BCUT2D eigenvalue weighted by Crippen LogP contribution is -2.29. The van der Waals surface area contributed by atoms with Crippen LogP contribution >= 0.6 is 0 Å². The van der Waals surface area contributed by atoms with Gasteiger partial charge in [-0.25, -0.2) is 0 Å². The maximum Gasteiger partial charge on any atom is 0.418 e. The van der Waals surface area contributed by atoms with E-state index in [0.717, 1.165) is 6.07 Å². The molecule has 0 fully saturated rings. The third kappa shape index (κ3) is 5.14. The minimum Gasteiger partial charge on any atom is -0.396 e. The van der Waals surface area contributed by atoms with E-state index in [0.29, 0.717) is 13.0 Å². The predicted molar refractivity (Wildman–Crippen MR) is 63.3 cm³/mol. The molecule has 4 nitrogen and oxygen atoms in total. The molecule has 0 bridgehead atoms. The number of aliphatic hydroxyl groups excluding tert-OH is 2. The fourth-order valence-corrected chi connectivity index (χ4v) is 1.74. The van der Waals surface area contributed by atoms with Crippen LogP contribution in [0.3, 0.4) is 0 Å². The summed E-state index contributed by atoms with van der Waals surface area (Å²) in [6.07, 6.45) is -2.69. The van der Waals surface area contributed by atoms with Crippen molar-refractivity contribution in [2.75, 3.05) is 26.3 Å². The minimum absolute atomic E-state index is 0.00373. The number of rotatable bonds is 7. The van der Waals surface area contributed by atoms with E-state index in [1.54, 1.807) is 4.90 Å². The van der Waals surface area contributed by atoms with E-state index in [9.17, 15) is 13.2 Å². The summed E-state index contributed by atoms with van der Waals surface area (Å²) in [6.45, 7) is 0.449. The van der Waals surface area contributed by atoms with Crippen molar-refractivity contribution in [3.05, 3.63) is 29.6 Å². The van der Waals surface area contributed by atoms with Crippen molar-refractivity contribution in [3.8, 4) is 0 Å². The Bertz CT molecular complexity index is 385. The maximum atomic E-state index is 12.8. The summed E-state index contributed by atoms with van der Waals surface area (Å²) in [6, 6.07) is 2.24. The monoisotopic (exact) mass is 278 g/mol. The van der Waals surface area contributed by atoms with Gasteiger partial charge in [-0.2, -0.15) is 13.2 Å². The Morgan fingerprint density at radius 1 is 1.16 bits per heavy atom. The fraction of sp³-hybridized carbons (Fsp3) is 0.583. The number of aromatic nitrogens is 1. The number of hydrogen-bond acceptors (Lipinski definition) is 4. The number of halogens is 3. The Labute approximate surface area is 109 Å². The Kier molecular flexibility index (Phi) is 6.20. The molecule has 108 valence electrons. The lowest BCUT2D eigenvalue weighted by molar-refractivity contribution is -0.138. The number of alkyl halides is 3. The first kappa shape index (κ1) is 15.9. The van der Waals surface area contributed by atoms with Crippen LogP contribution in [0.25, 0.3) is 0 Å². The second-order valence-corrected chi connectivity index (χ2v) is 4.07. The molecule has 2 N–H and O–H groups in total. The highest BCUT2D eigenvalue weighted by molar-refractivity contribution is 5.22. The van der Waals surface area contributed by atoms with Gasteiger partial charge in [0, 0.05) is 32.4 Å². The molecule has 0 amide bonds. The molecule has 1 aromatic heterocycles. The highest BCUT2D eigenvalue weighted by Gasteiger charge is 2.34. The van der Waals surface area contributed by atoms with Gasteiger partial charge in [-0.05, 0) is 18.6 Å². The van der Waals surface area contributed by atoms with Crippen LogP contribution in [-0.2, 0) is 12.7 Å². The zero-order chi connectivity index (χ0) is 14.3. The lowest BCUT2D eigenvalue weighted by atomic mass is 10.1. The van der Waals surface area contributed by atoms with Crippen LogP contribution in [0.2, 0.25) is 0 Å². The molecule has 1 heterocycles. The molecular formula is C12H17F3N2O2. The van der Waals surface area contributed by atoms with Crippen molar-refractivity contribution >= 4 is 0 Å². The molecular weight excluding hydrogens is 261 g/mol. The van der Waals surface area contributed by atoms with E-state index in [-0.39, 0.29) is 32.0 Å². The summed E-state index contributed by atoms with van der Waals surface area (Å²) < 4.78 is 38.4. The maximum absolute atomic E-state index is 12.8. The molecule has 0 saturated heterocycles. The van der Waals surface area contributed by atoms with Gasteiger partial charge >= 0.3 is 6.18 Å². The summed E-state index contributed by atoms with van der Waals surface area (Å²) in [5.41, 5.74) is -0.830.